The first-order chi connectivity index (χ1) is 4.92. The van der Waals surface area contributed by atoms with Crippen LogP contribution in [0.1, 0.15) is 33.6 Å². The van der Waals surface area contributed by atoms with E-state index < -0.39 is 5.60 Å². The van der Waals surface area contributed by atoms with Gasteiger partial charge >= 0.3 is 0 Å². The molecule has 0 spiro atoms. The van der Waals surface area contributed by atoms with Crippen molar-refractivity contribution < 1.29 is 9.90 Å². The summed E-state index contributed by atoms with van der Waals surface area (Å²) in [5.74, 6) is 0.374. The molecule has 1 aliphatic rings. The normalized spacial score (nSPS) is 46.0. The van der Waals surface area contributed by atoms with E-state index in [9.17, 15) is 9.90 Å². The van der Waals surface area contributed by atoms with E-state index in [1.165, 1.54) is 0 Å². The minimum atomic E-state index is -0.618. The Hall–Kier alpha value is -0.370. The van der Waals surface area contributed by atoms with E-state index in [1.807, 2.05) is 20.8 Å². The molecule has 2 heteroatoms. The van der Waals surface area contributed by atoms with E-state index in [0.717, 1.165) is 0 Å². The maximum absolute atomic E-state index is 11.3. The van der Waals surface area contributed by atoms with E-state index in [4.69, 9.17) is 0 Å². The highest BCUT2D eigenvalue weighted by Crippen LogP contribution is 2.32. The molecule has 0 amide bonds. The van der Waals surface area contributed by atoms with E-state index in [0.29, 0.717) is 18.6 Å². The average molecular weight is 156 g/mol. The van der Waals surface area contributed by atoms with Gasteiger partial charge in [-0.15, -0.1) is 0 Å². The van der Waals surface area contributed by atoms with Gasteiger partial charge in [0, 0.05) is 11.8 Å². The zero-order valence-corrected chi connectivity index (χ0v) is 7.42. The molecule has 1 aliphatic carbocycles. The molecule has 0 radical (unpaired) electrons. The van der Waals surface area contributed by atoms with Gasteiger partial charge < -0.3 is 5.11 Å². The number of aliphatic hydroxyl groups is 1. The highest BCUT2D eigenvalue weighted by molar-refractivity contribution is 5.83. The Kier molecular flexibility index (Phi) is 2.06. The van der Waals surface area contributed by atoms with Crippen LogP contribution in [-0.4, -0.2) is 16.5 Å². The molecule has 2 atom stereocenters. The van der Waals surface area contributed by atoms with Gasteiger partial charge in [-0.1, -0.05) is 13.8 Å². The summed E-state index contributed by atoms with van der Waals surface area (Å²) in [6.07, 6.45) is 1.24. The maximum Gasteiger partial charge on any atom is 0.138 e. The van der Waals surface area contributed by atoms with Crippen molar-refractivity contribution in [2.24, 2.45) is 11.8 Å². The zero-order valence-electron chi connectivity index (χ0n) is 7.42. The summed E-state index contributed by atoms with van der Waals surface area (Å²) in [7, 11) is 0. The van der Waals surface area contributed by atoms with E-state index >= 15 is 0 Å². The molecule has 1 fully saturated rings. The minimum absolute atomic E-state index is 0.0359. The Morgan fingerprint density at radius 3 is 2.09 bits per heavy atom. The average Bonchev–Trinajstić information content (AvgIpc) is 1.81. The second kappa shape index (κ2) is 2.59. The number of carbonyl (C=O) groups is 1. The van der Waals surface area contributed by atoms with Gasteiger partial charge in [-0.05, 0) is 19.8 Å². The van der Waals surface area contributed by atoms with Crippen molar-refractivity contribution in [1.82, 2.24) is 0 Å². The first-order valence-electron chi connectivity index (χ1n) is 4.18. The Morgan fingerprint density at radius 1 is 1.36 bits per heavy atom. The summed E-state index contributed by atoms with van der Waals surface area (Å²) in [4.78, 5) is 11.3. The molecule has 0 bridgehead atoms. The molecule has 0 aromatic carbocycles. The lowest BCUT2D eigenvalue weighted by Crippen LogP contribution is -2.40. The van der Waals surface area contributed by atoms with Gasteiger partial charge in [0.05, 0.1) is 5.60 Å². The second-order valence-electron chi connectivity index (χ2n) is 4.11. The third kappa shape index (κ3) is 1.80. The van der Waals surface area contributed by atoms with Crippen molar-refractivity contribution >= 4 is 5.78 Å². The van der Waals surface area contributed by atoms with Crippen LogP contribution in [-0.2, 0) is 4.79 Å². The van der Waals surface area contributed by atoms with Gasteiger partial charge in [0.15, 0.2) is 0 Å². The third-order valence-electron chi connectivity index (χ3n) is 2.46. The van der Waals surface area contributed by atoms with Crippen molar-refractivity contribution in [3.8, 4) is 0 Å². The predicted molar refractivity (Wildman–Crippen MR) is 43.2 cm³/mol. The predicted octanol–water partition coefficient (Wildman–Crippen LogP) is 1.37. The second-order valence-corrected chi connectivity index (χ2v) is 4.11. The van der Waals surface area contributed by atoms with Crippen molar-refractivity contribution in [3.63, 3.8) is 0 Å². The van der Waals surface area contributed by atoms with Crippen molar-refractivity contribution in [1.29, 1.82) is 0 Å². The number of hydrogen-bond donors (Lipinski definition) is 1. The summed E-state index contributed by atoms with van der Waals surface area (Å²) in [5, 5.41) is 9.68. The first-order valence-corrected chi connectivity index (χ1v) is 4.18. The highest BCUT2D eigenvalue weighted by Gasteiger charge is 2.37. The summed E-state index contributed by atoms with van der Waals surface area (Å²) < 4.78 is 0. The maximum atomic E-state index is 11.3. The topological polar surface area (TPSA) is 37.3 Å². The van der Waals surface area contributed by atoms with Crippen LogP contribution in [0.2, 0.25) is 0 Å². The van der Waals surface area contributed by atoms with Crippen molar-refractivity contribution in [3.05, 3.63) is 0 Å². The lowest BCUT2D eigenvalue weighted by atomic mass is 9.74. The number of hydrogen-bond acceptors (Lipinski definition) is 2. The van der Waals surface area contributed by atoms with E-state index in [1.54, 1.807) is 0 Å². The number of carbonyl (C=O) groups excluding carboxylic acids is 1. The third-order valence-corrected chi connectivity index (χ3v) is 2.46. The van der Waals surface area contributed by atoms with Crippen molar-refractivity contribution in [2.45, 2.75) is 39.2 Å². The van der Waals surface area contributed by atoms with Gasteiger partial charge in [0.1, 0.15) is 5.78 Å². The van der Waals surface area contributed by atoms with Crippen LogP contribution in [0.15, 0.2) is 0 Å². The summed E-state index contributed by atoms with van der Waals surface area (Å²) in [6, 6.07) is 0. The molecule has 11 heavy (non-hydrogen) atoms. The summed E-state index contributed by atoms with van der Waals surface area (Å²) in [6.45, 7) is 5.60. The molecule has 1 saturated carbocycles. The molecule has 0 unspecified atom stereocenters. The van der Waals surface area contributed by atoms with Gasteiger partial charge in [-0.25, -0.2) is 0 Å². The van der Waals surface area contributed by atoms with Gasteiger partial charge in [-0.3, -0.25) is 4.79 Å². The lowest BCUT2D eigenvalue weighted by molar-refractivity contribution is -0.135. The SMILES string of the molecule is C[C@@H]1CC(C)(O)C[C@@H](C)C1=O. The molecule has 0 heterocycles. The van der Waals surface area contributed by atoms with Crippen LogP contribution in [0.5, 0.6) is 0 Å². The van der Waals surface area contributed by atoms with Crippen LogP contribution in [0.25, 0.3) is 0 Å². The number of ketones is 1. The standard InChI is InChI=1S/C9H16O2/c1-6-4-9(3,11)5-7(2)8(6)10/h6-7,11H,4-5H2,1-3H3/t6-,7-/m1/s1. The minimum Gasteiger partial charge on any atom is -0.390 e. The first kappa shape index (κ1) is 8.72. The van der Waals surface area contributed by atoms with Gasteiger partial charge in [0.2, 0.25) is 0 Å². The molecule has 64 valence electrons. The van der Waals surface area contributed by atoms with Crippen LogP contribution < -0.4 is 0 Å². The van der Waals surface area contributed by atoms with Crippen LogP contribution in [0, 0.1) is 11.8 Å². The summed E-state index contributed by atoms with van der Waals surface area (Å²) >= 11 is 0. The number of Topliss-reactive ketones (excluding diaryl/α,β-unsaturated/α-hetero) is 1. The fourth-order valence-corrected chi connectivity index (χ4v) is 2.09. The molecule has 0 aromatic heterocycles. The molecule has 0 saturated heterocycles. The lowest BCUT2D eigenvalue weighted by Gasteiger charge is -2.34. The molecule has 1 N–H and O–H groups in total. The molecule has 2 nitrogen and oxygen atoms in total. The largest absolute Gasteiger partial charge is 0.390 e. The van der Waals surface area contributed by atoms with Gasteiger partial charge in [0.25, 0.3) is 0 Å². The molecular formula is C9H16O2. The fourth-order valence-electron chi connectivity index (χ4n) is 2.09. The number of rotatable bonds is 0. The van der Waals surface area contributed by atoms with Crippen LogP contribution in [0.3, 0.4) is 0 Å². The Labute approximate surface area is 67.6 Å². The monoisotopic (exact) mass is 156 g/mol. The van der Waals surface area contributed by atoms with Crippen LogP contribution >= 0.6 is 0 Å². The Balaban J connectivity index is 2.70. The molecular weight excluding hydrogens is 140 g/mol. The Bertz CT molecular complexity index is 156. The smallest absolute Gasteiger partial charge is 0.138 e. The summed E-state index contributed by atoms with van der Waals surface area (Å²) in [5.41, 5.74) is -0.618. The van der Waals surface area contributed by atoms with Gasteiger partial charge in [-0.2, -0.15) is 0 Å². The quantitative estimate of drug-likeness (QED) is 0.575. The Morgan fingerprint density at radius 2 is 1.73 bits per heavy atom. The van der Waals surface area contributed by atoms with E-state index in [2.05, 4.69) is 0 Å². The molecule has 0 aliphatic heterocycles. The highest BCUT2D eigenvalue weighted by atomic mass is 16.3. The fraction of sp³-hybridized carbons (Fsp3) is 0.889. The van der Waals surface area contributed by atoms with Crippen LogP contribution in [0.4, 0.5) is 0 Å². The molecule has 0 aromatic rings. The zero-order chi connectivity index (χ0) is 8.65. The molecule has 1 rings (SSSR count). The van der Waals surface area contributed by atoms with Crippen molar-refractivity contribution in [2.75, 3.05) is 0 Å². The van der Waals surface area contributed by atoms with E-state index in [-0.39, 0.29) is 11.8 Å².